The first-order valence-electron chi connectivity index (χ1n) is 9.63. The number of rotatable bonds is 8. The van der Waals surface area contributed by atoms with Crippen LogP contribution in [0.5, 0.6) is 0 Å². The topological polar surface area (TPSA) is 106 Å². The van der Waals surface area contributed by atoms with Crippen LogP contribution < -0.4 is 16.4 Å². The van der Waals surface area contributed by atoms with Gasteiger partial charge in [-0.2, -0.15) is 0 Å². The number of nitrogens with two attached hydrogens (primary N) is 1. The smallest absolute Gasteiger partial charge is 0.311 e. The van der Waals surface area contributed by atoms with E-state index in [9.17, 15) is 10.1 Å². The molecule has 2 aromatic rings. The summed E-state index contributed by atoms with van der Waals surface area (Å²) >= 11 is 6.18. The lowest BCUT2D eigenvalue weighted by molar-refractivity contribution is -0.384. The predicted molar refractivity (Wildman–Crippen MR) is 113 cm³/mol. The summed E-state index contributed by atoms with van der Waals surface area (Å²) in [6, 6.07) is 10.6. The molecule has 8 heteroatoms. The van der Waals surface area contributed by atoms with E-state index >= 15 is 0 Å². The Bertz CT molecular complexity index is 809. The van der Waals surface area contributed by atoms with Crippen molar-refractivity contribution < 1.29 is 4.92 Å². The zero-order chi connectivity index (χ0) is 19.9. The van der Waals surface area contributed by atoms with E-state index in [1.165, 1.54) is 6.07 Å². The Morgan fingerprint density at radius 2 is 1.82 bits per heavy atom. The van der Waals surface area contributed by atoms with Gasteiger partial charge >= 0.3 is 5.69 Å². The third-order valence-electron chi connectivity index (χ3n) is 5.35. The van der Waals surface area contributed by atoms with Gasteiger partial charge in [0.15, 0.2) is 0 Å². The van der Waals surface area contributed by atoms with Crippen LogP contribution >= 0.6 is 11.6 Å². The normalized spacial score (nSPS) is 19.2. The fourth-order valence-electron chi connectivity index (χ4n) is 3.57. The second-order valence-corrected chi connectivity index (χ2v) is 7.68. The molecule has 1 aromatic heterocycles. The average Bonchev–Trinajstić information content (AvgIpc) is 2.72. The largest absolute Gasteiger partial charge is 0.366 e. The third kappa shape index (κ3) is 5.33. The minimum atomic E-state index is -0.404. The van der Waals surface area contributed by atoms with E-state index in [2.05, 4.69) is 15.6 Å². The van der Waals surface area contributed by atoms with Crippen molar-refractivity contribution in [3.63, 3.8) is 0 Å². The molecule has 1 aliphatic carbocycles. The molecule has 0 spiro atoms. The molecule has 3 rings (SSSR count). The molecule has 1 saturated carbocycles. The third-order valence-corrected chi connectivity index (χ3v) is 5.72. The number of aromatic nitrogens is 1. The van der Waals surface area contributed by atoms with Crippen LogP contribution in [0.2, 0.25) is 5.02 Å². The van der Waals surface area contributed by atoms with Crippen molar-refractivity contribution in [2.24, 2.45) is 17.6 Å². The number of nitro groups is 1. The van der Waals surface area contributed by atoms with Gasteiger partial charge in [0.2, 0.25) is 5.82 Å². The second kappa shape index (κ2) is 9.71. The van der Waals surface area contributed by atoms with Gasteiger partial charge in [0.1, 0.15) is 5.82 Å². The summed E-state index contributed by atoms with van der Waals surface area (Å²) in [4.78, 5) is 15.4. The highest BCUT2D eigenvalue weighted by Crippen LogP contribution is 2.30. The second-order valence-electron chi connectivity index (χ2n) is 7.27. The lowest BCUT2D eigenvalue weighted by atomic mass is 9.82. The van der Waals surface area contributed by atoms with Crippen LogP contribution in [-0.4, -0.2) is 23.0 Å². The van der Waals surface area contributed by atoms with Gasteiger partial charge in [-0.25, -0.2) is 4.98 Å². The lowest BCUT2D eigenvalue weighted by Gasteiger charge is -2.27. The van der Waals surface area contributed by atoms with Crippen molar-refractivity contribution in [1.29, 1.82) is 0 Å². The first-order valence-corrected chi connectivity index (χ1v) is 10.0. The van der Waals surface area contributed by atoms with Crippen molar-refractivity contribution >= 4 is 28.9 Å². The summed E-state index contributed by atoms with van der Waals surface area (Å²) in [6.45, 7) is 1.92. The molecule has 28 heavy (non-hydrogen) atoms. The standard InChI is InChI=1S/C20H26ClN5O2/c21-17-4-2-1-3-16(17)13-23-19-10-9-18(26(27)28)20(25-19)24-12-15-7-5-14(11-22)6-8-15/h1-4,9-10,14-15H,5-8,11-13,22H2,(H2,23,24,25). The molecule has 0 unspecified atom stereocenters. The van der Waals surface area contributed by atoms with E-state index in [1.54, 1.807) is 6.07 Å². The molecule has 0 atom stereocenters. The fourth-order valence-corrected chi connectivity index (χ4v) is 3.77. The minimum absolute atomic E-state index is 0.0149. The highest BCUT2D eigenvalue weighted by atomic mass is 35.5. The van der Waals surface area contributed by atoms with Crippen LogP contribution in [-0.2, 0) is 6.54 Å². The summed E-state index contributed by atoms with van der Waals surface area (Å²) in [6.07, 6.45) is 4.43. The maximum absolute atomic E-state index is 11.4. The van der Waals surface area contributed by atoms with E-state index in [0.717, 1.165) is 37.8 Å². The van der Waals surface area contributed by atoms with Crippen LogP contribution in [0, 0.1) is 22.0 Å². The fraction of sp³-hybridized carbons (Fsp3) is 0.450. The van der Waals surface area contributed by atoms with Crippen LogP contribution in [0.4, 0.5) is 17.3 Å². The number of hydrogen-bond donors (Lipinski definition) is 3. The lowest BCUT2D eigenvalue weighted by Crippen LogP contribution is -2.25. The average molecular weight is 404 g/mol. The Morgan fingerprint density at radius 1 is 1.11 bits per heavy atom. The number of anilines is 2. The quantitative estimate of drug-likeness (QED) is 0.444. The number of benzene rings is 1. The maximum Gasteiger partial charge on any atom is 0.311 e. The molecular formula is C20H26ClN5O2. The number of pyridine rings is 1. The van der Waals surface area contributed by atoms with Crippen molar-refractivity contribution in [2.45, 2.75) is 32.2 Å². The van der Waals surface area contributed by atoms with Gasteiger partial charge in [0, 0.05) is 24.2 Å². The van der Waals surface area contributed by atoms with Gasteiger partial charge in [-0.1, -0.05) is 29.8 Å². The Kier molecular flexibility index (Phi) is 7.06. The Hall–Kier alpha value is -2.38. The van der Waals surface area contributed by atoms with E-state index in [1.807, 2.05) is 24.3 Å². The van der Waals surface area contributed by atoms with Crippen molar-refractivity contribution in [3.8, 4) is 0 Å². The molecule has 0 bridgehead atoms. The molecule has 1 heterocycles. The molecule has 150 valence electrons. The summed E-state index contributed by atoms with van der Waals surface area (Å²) < 4.78 is 0. The number of hydrogen-bond acceptors (Lipinski definition) is 6. The van der Waals surface area contributed by atoms with Crippen LogP contribution in [0.25, 0.3) is 0 Å². The number of nitrogens with zero attached hydrogens (tertiary/aromatic N) is 2. The summed E-state index contributed by atoms with van der Waals surface area (Å²) in [5.74, 6) is 1.97. The Balaban J connectivity index is 1.64. The Morgan fingerprint density at radius 3 is 2.50 bits per heavy atom. The molecule has 1 fully saturated rings. The highest BCUT2D eigenvalue weighted by molar-refractivity contribution is 6.31. The zero-order valence-corrected chi connectivity index (χ0v) is 16.5. The van der Waals surface area contributed by atoms with Gasteiger partial charge in [0.05, 0.1) is 4.92 Å². The monoisotopic (exact) mass is 403 g/mol. The SMILES string of the molecule is NCC1CCC(CNc2nc(NCc3ccccc3Cl)ccc2[N+](=O)[O-])CC1. The van der Waals surface area contributed by atoms with Gasteiger partial charge in [-0.3, -0.25) is 10.1 Å². The first-order chi connectivity index (χ1) is 13.6. The maximum atomic E-state index is 11.4. The molecular weight excluding hydrogens is 378 g/mol. The van der Waals surface area contributed by atoms with Crippen molar-refractivity contribution in [1.82, 2.24) is 4.98 Å². The van der Waals surface area contributed by atoms with Gasteiger partial charge in [0.25, 0.3) is 0 Å². The molecule has 1 aromatic carbocycles. The first kappa shape index (κ1) is 20.4. The number of nitrogens with one attached hydrogen (secondary N) is 2. The van der Waals surface area contributed by atoms with Gasteiger partial charge in [-0.05, 0) is 61.8 Å². The molecule has 1 aliphatic rings. The van der Waals surface area contributed by atoms with Crippen molar-refractivity contribution in [2.75, 3.05) is 23.7 Å². The minimum Gasteiger partial charge on any atom is -0.366 e. The predicted octanol–water partition coefficient (Wildman–Crippen LogP) is 4.43. The van der Waals surface area contributed by atoms with E-state index in [-0.39, 0.29) is 5.69 Å². The van der Waals surface area contributed by atoms with Crippen LogP contribution in [0.1, 0.15) is 31.2 Å². The zero-order valence-electron chi connectivity index (χ0n) is 15.7. The molecule has 4 N–H and O–H groups in total. The van der Waals surface area contributed by atoms with E-state index in [4.69, 9.17) is 17.3 Å². The summed E-state index contributed by atoms with van der Waals surface area (Å²) in [5, 5.41) is 18.4. The van der Waals surface area contributed by atoms with E-state index in [0.29, 0.717) is 41.6 Å². The van der Waals surface area contributed by atoms with Crippen LogP contribution in [0.3, 0.4) is 0 Å². The molecule has 7 nitrogen and oxygen atoms in total. The van der Waals surface area contributed by atoms with E-state index < -0.39 is 4.92 Å². The number of halogens is 1. The molecule has 0 amide bonds. The highest BCUT2D eigenvalue weighted by Gasteiger charge is 2.22. The van der Waals surface area contributed by atoms with Crippen LogP contribution in [0.15, 0.2) is 36.4 Å². The molecule has 0 aliphatic heterocycles. The molecule has 0 saturated heterocycles. The molecule has 0 radical (unpaired) electrons. The van der Waals surface area contributed by atoms with Gasteiger partial charge < -0.3 is 16.4 Å². The summed E-state index contributed by atoms with van der Waals surface area (Å²) in [7, 11) is 0. The van der Waals surface area contributed by atoms with Crippen molar-refractivity contribution in [3.05, 3.63) is 57.1 Å². The summed E-state index contributed by atoms with van der Waals surface area (Å²) in [5.41, 5.74) is 6.67. The Labute approximate surface area is 169 Å². The van der Waals surface area contributed by atoms with Gasteiger partial charge in [-0.15, -0.1) is 0 Å².